The van der Waals surface area contributed by atoms with Gasteiger partial charge in [-0.1, -0.05) is 24.6 Å². The maximum absolute atomic E-state index is 13.1. The van der Waals surface area contributed by atoms with Crippen LogP contribution in [0, 0.1) is 5.92 Å². The lowest BCUT2D eigenvalue weighted by Gasteiger charge is -2.30. The van der Waals surface area contributed by atoms with E-state index in [1.54, 1.807) is 12.1 Å². The summed E-state index contributed by atoms with van der Waals surface area (Å²) in [6.45, 7) is 3.40. The Morgan fingerprint density at radius 2 is 2.00 bits per heavy atom. The largest absolute Gasteiger partial charge is 0.454 e. The highest BCUT2D eigenvalue weighted by Gasteiger charge is 2.31. The molecule has 9 heteroatoms. The summed E-state index contributed by atoms with van der Waals surface area (Å²) in [6.07, 6.45) is 1.82. The van der Waals surface area contributed by atoms with Crippen LogP contribution in [-0.2, 0) is 16.6 Å². The number of fused-ring (bicyclic) bond motifs is 1. The van der Waals surface area contributed by atoms with Crippen LogP contribution in [0.5, 0.6) is 11.5 Å². The minimum absolute atomic E-state index is 0.0333. The first-order chi connectivity index (χ1) is 14.3. The molecule has 2 heterocycles. The van der Waals surface area contributed by atoms with E-state index in [0.29, 0.717) is 30.5 Å². The number of amides is 1. The average Bonchev–Trinajstić information content (AvgIpc) is 3.20. The maximum Gasteiger partial charge on any atom is 0.251 e. The lowest BCUT2D eigenvalue weighted by molar-refractivity contribution is 0.0950. The third kappa shape index (κ3) is 4.26. The molecule has 1 atom stereocenters. The fourth-order valence-electron chi connectivity index (χ4n) is 3.68. The summed E-state index contributed by atoms with van der Waals surface area (Å²) in [7, 11) is -3.76. The van der Waals surface area contributed by atoms with Gasteiger partial charge >= 0.3 is 0 Å². The summed E-state index contributed by atoms with van der Waals surface area (Å²) in [5.41, 5.74) is 1.08. The van der Waals surface area contributed by atoms with E-state index in [1.807, 2.05) is 13.0 Å². The molecule has 160 valence electrons. The fourth-order valence-corrected chi connectivity index (χ4v) is 5.78. The van der Waals surface area contributed by atoms with E-state index in [9.17, 15) is 13.2 Å². The van der Waals surface area contributed by atoms with Gasteiger partial charge in [0.1, 0.15) is 4.90 Å². The second-order valence-electron chi connectivity index (χ2n) is 7.63. The van der Waals surface area contributed by atoms with Gasteiger partial charge in [0, 0.05) is 25.2 Å². The van der Waals surface area contributed by atoms with E-state index in [2.05, 4.69) is 5.32 Å². The molecule has 0 aromatic heterocycles. The molecule has 2 aliphatic rings. The van der Waals surface area contributed by atoms with E-state index in [1.165, 1.54) is 22.5 Å². The van der Waals surface area contributed by atoms with E-state index in [-0.39, 0.29) is 34.7 Å². The van der Waals surface area contributed by atoms with Gasteiger partial charge in [-0.2, -0.15) is 4.31 Å². The van der Waals surface area contributed by atoms with Crippen LogP contribution in [0.3, 0.4) is 0 Å². The van der Waals surface area contributed by atoms with Crippen molar-refractivity contribution < 1.29 is 22.7 Å². The first-order valence-corrected chi connectivity index (χ1v) is 11.6. The molecule has 0 unspecified atom stereocenters. The van der Waals surface area contributed by atoms with E-state index < -0.39 is 10.0 Å². The van der Waals surface area contributed by atoms with Crippen molar-refractivity contribution in [3.8, 4) is 11.5 Å². The zero-order chi connectivity index (χ0) is 21.3. The second-order valence-corrected chi connectivity index (χ2v) is 9.94. The molecule has 1 fully saturated rings. The molecule has 2 aromatic carbocycles. The molecule has 7 nitrogen and oxygen atoms in total. The molecule has 1 amide bonds. The highest BCUT2D eigenvalue weighted by Crippen LogP contribution is 2.32. The van der Waals surface area contributed by atoms with Crippen molar-refractivity contribution in [3.05, 3.63) is 52.5 Å². The van der Waals surface area contributed by atoms with Crippen molar-refractivity contribution in [2.45, 2.75) is 31.2 Å². The topological polar surface area (TPSA) is 84.9 Å². The molecule has 1 saturated heterocycles. The number of benzene rings is 2. The van der Waals surface area contributed by atoms with Crippen molar-refractivity contribution in [2.75, 3.05) is 19.9 Å². The number of halogens is 1. The standard InChI is InChI=1S/C21H23ClN2O5S/c1-14-3-2-8-24(12-14)30(26,27)20-10-16(5-6-17(20)22)21(25)23-11-15-4-7-18-19(9-15)29-13-28-18/h4-7,9-10,14H,2-3,8,11-13H2,1H3,(H,23,25)/t14-/m1/s1. The Kier molecular flexibility index (Phi) is 5.90. The summed E-state index contributed by atoms with van der Waals surface area (Å²) in [6, 6.07) is 9.76. The molecule has 2 aromatic rings. The van der Waals surface area contributed by atoms with Gasteiger partial charge in [0.15, 0.2) is 11.5 Å². The minimum atomic E-state index is -3.76. The van der Waals surface area contributed by atoms with Crippen LogP contribution < -0.4 is 14.8 Å². The van der Waals surface area contributed by atoms with Crippen LogP contribution in [0.1, 0.15) is 35.7 Å². The van der Waals surface area contributed by atoms with Crippen LogP contribution in [-0.4, -0.2) is 38.5 Å². The number of nitrogens with zero attached hydrogens (tertiary/aromatic N) is 1. The molecular formula is C21H23ClN2O5S. The zero-order valence-corrected chi connectivity index (χ0v) is 18.1. The molecule has 0 radical (unpaired) electrons. The minimum Gasteiger partial charge on any atom is -0.454 e. The lowest BCUT2D eigenvalue weighted by atomic mass is 10.0. The van der Waals surface area contributed by atoms with Gasteiger partial charge < -0.3 is 14.8 Å². The molecule has 0 spiro atoms. The van der Waals surface area contributed by atoms with Crippen molar-refractivity contribution in [2.24, 2.45) is 5.92 Å². The summed E-state index contributed by atoms with van der Waals surface area (Å²) in [5.74, 6) is 1.22. The first-order valence-electron chi connectivity index (χ1n) is 9.81. The van der Waals surface area contributed by atoms with Gasteiger partial charge in [-0.05, 0) is 54.7 Å². The predicted octanol–water partition coefficient (Wildman–Crippen LogP) is 3.42. The van der Waals surface area contributed by atoms with Crippen LogP contribution in [0.2, 0.25) is 5.02 Å². The number of carbonyl (C=O) groups is 1. The molecule has 0 aliphatic carbocycles. The predicted molar refractivity (Wildman–Crippen MR) is 112 cm³/mol. The van der Waals surface area contributed by atoms with Crippen molar-refractivity contribution in [1.82, 2.24) is 9.62 Å². The Balaban J connectivity index is 1.50. The smallest absolute Gasteiger partial charge is 0.251 e. The highest BCUT2D eigenvalue weighted by atomic mass is 35.5. The number of carbonyl (C=O) groups excluding carboxylic acids is 1. The van der Waals surface area contributed by atoms with E-state index in [0.717, 1.165) is 18.4 Å². The third-order valence-corrected chi connectivity index (χ3v) is 7.67. The normalized spacial score (nSPS) is 18.9. The van der Waals surface area contributed by atoms with E-state index in [4.69, 9.17) is 21.1 Å². The number of nitrogens with one attached hydrogen (secondary N) is 1. The van der Waals surface area contributed by atoms with Crippen LogP contribution in [0.4, 0.5) is 0 Å². The average molecular weight is 451 g/mol. The molecule has 2 aliphatic heterocycles. The number of sulfonamides is 1. The van der Waals surface area contributed by atoms with Gasteiger partial charge in [0.05, 0.1) is 5.02 Å². The lowest BCUT2D eigenvalue weighted by Crippen LogP contribution is -2.39. The van der Waals surface area contributed by atoms with Crippen molar-refractivity contribution in [3.63, 3.8) is 0 Å². The monoisotopic (exact) mass is 450 g/mol. The Labute approximate surface area is 181 Å². The number of hydrogen-bond acceptors (Lipinski definition) is 5. The Morgan fingerprint density at radius 3 is 2.80 bits per heavy atom. The number of ether oxygens (including phenoxy) is 2. The zero-order valence-electron chi connectivity index (χ0n) is 16.6. The van der Waals surface area contributed by atoms with E-state index >= 15 is 0 Å². The SMILES string of the molecule is C[C@@H]1CCCN(S(=O)(=O)c2cc(C(=O)NCc3ccc4c(c3)OCO4)ccc2Cl)C1. The summed E-state index contributed by atoms with van der Waals surface area (Å²) < 4.78 is 38.3. The Bertz CT molecular complexity index is 1070. The molecule has 0 saturated carbocycles. The first kappa shape index (κ1) is 21.0. The number of rotatable bonds is 5. The summed E-state index contributed by atoms with van der Waals surface area (Å²) in [5, 5.41) is 2.92. The van der Waals surface area contributed by atoms with Gasteiger partial charge in [-0.25, -0.2) is 8.42 Å². The summed E-state index contributed by atoms with van der Waals surface area (Å²) in [4.78, 5) is 12.6. The van der Waals surface area contributed by atoms with Gasteiger partial charge in [-0.3, -0.25) is 4.79 Å². The third-order valence-electron chi connectivity index (χ3n) is 5.32. The van der Waals surface area contributed by atoms with Gasteiger partial charge in [-0.15, -0.1) is 0 Å². The Morgan fingerprint density at radius 1 is 1.20 bits per heavy atom. The molecule has 30 heavy (non-hydrogen) atoms. The summed E-state index contributed by atoms with van der Waals surface area (Å²) >= 11 is 6.20. The molecule has 0 bridgehead atoms. The van der Waals surface area contributed by atoms with Crippen LogP contribution in [0.25, 0.3) is 0 Å². The van der Waals surface area contributed by atoms with Gasteiger partial charge in [0.25, 0.3) is 5.91 Å². The second kappa shape index (κ2) is 8.45. The number of piperidine rings is 1. The molecular weight excluding hydrogens is 428 g/mol. The highest BCUT2D eigenvalue weighted by molar-refractivity contribution is 7.89. The van der Waals surface area contributed by atoms with Crippen molar-refractivity contribution in [1.29, 1.82) is 0 Å². The Hall–Kier alpha value is -2.29. The quantitative estimate of drug-likeness (QED) is 0.754. The fraction of sp³-hybridized carbons (Fsp3) is 0.381. The van der Waals surface area contributed by atoms with Crippen LogP contribution >= 0.6 is 11.6 Å². The molecule has 1 N–H and O–H groups in total. The maximum atomic E-state index is 13.1. The molecule has 4 rings (SSSR count). The van der Waals surface area contributed by atoms with Gasteiger partial charge in [0.2, 0.25) is 16.8 Å². The van der Waals surface area contributed by atoms with Crippen molar-refractivity contribution >= 4 is 27.5 Å². The van der Waals surface area contributed by atoms with Crippen LogP contribution in [0.15, 0.2) is 41.3 Å². The number of hydrogen-bond donors (Lipinski definition) is 1.